The number of carbonyl (C=O) groups excluding carboxylic acids is 2. The van der Waals surface area contributed by atoms with Crippen molar-refractivity contribution in [3.05, 3.63) is 58.1 Å². The fraction of sp³-hybridized carbons (Fsp3) is 0.0625. The molecule has 0 saturated heterocycles. The Hall–Kier alpha value is -2.67. The van der Waals surface area contributed by atoms with Crippen molar-refractivity contribution in [1.29, 1.82) is 0 Å². The van der Waals surface area contributed by atoms with Crippen LogP contribution in [0.3, 0.4) is 0 Å². The van der Waals surface area contributed by atoms with Gasteiger partial charge in [0, 0.05) is 17.1 Å². The predicted molar refractivity (Wildman–Crippen MR) is 91.6 cm³/mol. The van der Waals surface area contributed by atoms with E-state index in [1.165, 1.54) is 25.3 Å². The van der Waals surface area contributed by atoms with E-state index in [1.807, 2.05) is 0 Å². The monoisotopic (exact) mass is 375 g/mol. The molecule has 6 nitrogen and oxygen atoms in total. The first kappa shape index (κ1) is 16.7. The summed E-state index contributed by atoms with van der Waals surface area (Å²) in [7, 11) is 0. The van der Waals surface area contributed by atoms with E-state index in [9.17, 15) is 14.7 Å². The first-order valence-electron chi connectivity index (χ1n) is 6.65. The van der Waals surface area contributed by atoms with Gasteiger partial charge in [-0.25, -0.2) is 5.43 Å². The number of nitrogens with one attached hydrogen (secondary N) is 2. The van der Waals surface area contributed by atoms with Crippen LogP contribution < -0.4 is 10.7 Å². The van der Waals surface area contributed by atoms with Gasteiger partial charge in [0.15, 0.2) is 0 Å². The number of rotatable bonds is 4. The van der Waals surface area contributed by atoms with Crippen molar-refractivity contribution in [3.63, 3.8) is 0 Å². The first-order valence-corrected chi connectivity index (χ1v) is 7.44. The highest BCUT2D eigenvalue weighted by atomic mass is 79.9. The lowest BCUT2D eigenvalue weighted by atomic mass is 10.2. The van der Waals surface area contributed by atoms with E-state index in [-0.39, 0.29) is 17.2 Å². The minimum Gasteiger partial charge on any atom is -0.507 e. The Morgan fingerprint density at radius 1 is 1.17 bits per heavy atom. The zero-order valence-electron chi connectivity index (χ0n) is 12.2. The third-order valence-electron chi connectivity index (χ3n) is 2.82. The lowest BCUT2D eigenvalue weighted by Gasteiger charge is -2.03. The van der Waals surface area contributed by atoms with Crippen molar-refractivity contribution < 1.29 is 14.7 Å². The smallest absolute Gasteiger partial charge is 0.275 e. The highest BCUT2D eigenvalue weighted by Gasteiger charge is 2.10. The number of phenolic OH excluding ortho intramolecular Hbond substituents is 1. The van der Waals surface area contributed by atoms with Crippen LogP contribution in [0.25, 0.3) is 0 Å². The summed E-state index contributed by atoms with van der Waals surface area (Å²) in [6, 6.07) is 11.5. The Kier molecular flexibility index (Phi) is 5.48. The molecule has 0 radical (unpaired) electrons. The summed E-state index contributed by atoms with van der Waals surface area (Å²) in [6.45, 7) is 1.43. The number of nitrogens with zero attached hydrogens (tertiary/aromatic N) is 1. The summed E-state index contributed by atoms with van der Waals surface area (Å²) in [5.74, 6) is -0.791. The third-order valence-corrected chi connectivity index (χ3v) is 3.31. The molecule has 118 valence electrons. The van der Waals surface area contributed by atoms with Gasteiger partial charge >= 0.3 is 0 Å². The molecule has 3 N–H and O–H groups in total. The van der Waals surface area contributed by atoms with Crippen LogP contribution in [0.1, 0.15) is 22.8 Å². The maximum absolute atomic E-state index is 11.9. The van der Waals surface area contributed by atoms with Crippen LogP contribution in [0.4, 0.5) is 5.69 Å². The number of aromatic hydroxyl groups is 1. The molecule has 0 bridgehead atoms. The summed E-state index contributed by atoms with van der Waals surface area (Å²) in [5, 5.41) is 16.2. The maximum Gasteiger partial charge on any atom is 0.275 e. The highest BCUT2D eigenvalue weighted by molar-refractivity contribution is 9.10. The summed E-state index contributed by atoms with van der Waals surface area (Å²) >= 11 is 3.20. The molecule has 0 atom stereocenters. The molecule has 0 heterocycles. The minimum atomic E-state index is -0.513. The van der Waals surface area contributed by atoms with E-state index in [2.05, 4.69) is 31.8 Å². The molecule has 0 aliphatic carbocycles. The molecule has 2 aromatic rings. The molecule has 7 heteroatoms. The SMILES string of the molecule is CC(=O)Nc1ccc(/C=N/NC(=O)c2ccc(Br)cc2O)cc1. The molecular formula is C16H14BrN3O3. The third kappa shape index (κ3) is 4.93. The predicted octanol–water partition coefficient (Wildman–Crippen LogP) is 2.88. The molecule has 0 aliphatic rings. The Morgan fingerprint density at radius 2 is 1.87 bits per heavy atom. The van der Waals surface area contributed by atoms with Crippen LogP contribution in [0.15, 0.2) is 52.0 Å². The van der Waals surface area contributed by atoms with Crippen LogP contribution in [0, 0.1) is 0 Å². The standard InChI is InChI=1S/C16H14BrN3O3/c1-10(21)19-13-5-2-11(3-6-13)9-18-20-16(23)14-7-4-12(17)8-15(14)22/h2-9,22H,1H3,(H,19,21)(H,20,23)/b18-9+. The number of amides is 2. The van der Waals surface area contributed by atoms with E-state index in [0.717, 1.165) is 5.56 Å². The second kappa shape index (κ2) is 7.55. The molecule has 0 unspecified atom stereocenters. The number of halogens is 1. The fourth-order valence-corrected chi connectivity index (χ4v) is 2.13. The van der Waals surface area contributed by atoms with Crippen LogP contribution in [-0.4, -0.2) is 23.1 Å². The summed E-state index contributed by atoms with van der Waals surface area (Å²) in [6.07, 6.45) is 1.46. The van der Waals surface area contributed by atoms with Crippen molar-refractivity contribution in [2.75, 3.05) is 5.32 Å². The number of hydrazone groups is 1. The average Bonchev–Trinajstić information content (AvgIpc) is 2.48. The summed E-state index contributed by atoms with van der Waals surface area (Å²) in [4.78, 5) is 22.8. The normalized spacial score (nSPS) is 10.5. The molecule has 23 heavy (non-hydrogen) atoms. The molecule has 0 saturated carbocycles. The number of benzene rings is 2. The van der Waals surface area contributed by atoms with Crippen LogP contribution in [-0.2, 0) is 4.79 Å². The molecule has 2 amide bonds. The van der Waals surface area contributed by atoms with E-state index >= 15 is 0 Å². The van der Waals surface area contributed by atoms with Gasteiger partial charge in [-0.1, -0.05) is 28.1 Å². The molecular weight excluding hydrogens is 362 g/mol. The maximum atomic E-state index is 11.9. The van der Waals surface area contributed by atoms with Gasteiger partial charge in [0.05, 0.1) is 11.8 Å². The molecule has 0 aliphatic heterocycles. The molecule has 2 aromatic carbocycles. The van der Waals surface area contributed by atoms with Crippen LogP contribution in [0.2, 0.25) is 0 Å². The quantitative estimate of drug-likeness (QED) is 0.566. The molecule has 0 aromatic heterocycles. The number of carbonyl (C=O) groups is 2. The number of phenols is 1. The van der Waals surface area contributed by atoms with E-state index in [4.69, 9.17) is 0 Å². The number of anilines is 1. The van der Waals surface area contributed by atoms with E-state index in [1.54, 1.807) is 30.3 Å². The van der Waals surface area contributed by atoms with Crippen molar-refractivity contribution in [1.82, 2.24) is 5.43 Å². The largest absolute Gasteiger partial charge is 0.507 e. The minimum absolute atomic E-state index is 0.131. The highest BCUT2D eigenvalue weighted by Crippen LogP contribution is 2.22. The molecule has 2 rings (SSSR count). The molecule has 0 fully saturated rings. The second-order valence-corrected chi connectivity index (χ2v) is 5.58. The first-order chi connectivity index (χ1) is 11.0. The average molecular weight is 376 g/mol. The summed E-state index contributed by atoms with van der Waals surface area (Å²) in [5.41, 5.74) is 3.90. The number of hydrogen-bond donors (Lipinski definition) is 3. The van der Waals surface area contributed by atoms with E-state index in [0.29, 0.717) is 10.2 Å². The van der Waals surface area contributed by atoms with Gasteiger partial charge in [-0.2, -0.15) is 5.10 Å². The van der Waals surface area contributed by atoms with Crippen LogP contribution >= 0.6 is 15.9 Å². The van der Waals surface area contributed by atoms with Gasteiger partial charge in [-0.15, -0.1) is 0 Å². The van der Waals surface area contributed by atoms with Crippen molar-refractivity contribution in [3.8, 4) is 5.75 Å². The Morgan fingerprint density at radius 3 is 2.48 bits per heavy atom. The van der Waals surface area contributed by atoms with Gasteiger partial charge in [-0.05, 0) is 35.9 Å². The zero-order chi connectivity index (χ0) is 16.8. The van der Waals surface area contributed by atoms with Crippen LogP contribution in [0.5, 0.6) is 5.75 Å². The lowest BCUT2D eigenvalue weighted by molar-refractivity contribution is -0.114. The van der Waals surface area contributed by atoms with Crippen molar-refractivity contribution in [2.45, 2.75) is 6.92 Å². The van der Waals surface area contributed by atoms with Gasteiger partial charge < -0.3 is 10.4 Å². The number of hydrogen-bond acceptors (Lipinski definition) is 4. The Labute approximate surface area is 141 Å². The zero-order valence-corrected chi connectivity index (χ0v) is 13.8. The molecule has 0 spiro atoms. The fourth-order valence-electron chi connectivity index (χ4n) is 1.78. The summed E-state index contributed by atoms with van der Waals surface area (Å²) < 4.78 is 0.675. The topological polar surface area (TPSA) is 90.8 Å². The van der Waals surface area contributed by atoms with Gasteiger partial charge in [0.1, 0.15) is 5.75 Å². The van der Waals surface area contributed by atoms with Crippen molar-refractivity contribution in [2.24, 2.45) is 5.10 Å². The Bertz CT molecular complexity index is 758. The van der Waals surface area contributed by atoms with E-state index < -0.39 is 5.91 Å². The van der Waals surface area contributed by atoms with Gasteiger partial charge in [0.2, 0.25) is 5.91 Å². The lowest BCUT2D eigenvalue weighted by Crippen LogP contribution is -2.17. The van der Waals surface area contributed by atoms with Crippen molar-refractivity contribution >= 4 is 39.6 Å². The van der Waals surface area contributed by atoms with Gasteiger partial charge in [-0.3, -0.25) is 9.59 Å². The Balaban J connectivity index is 1.98. The van der Waals surface area contributed by atoms with Gasteiger partial charge in [0.25, 0.3) is 5.91 Å². The second-order valence-electron chi connectivity index (χ2n) is 4.66.